The minimum Gasteiger partial charge on any atom is -0.484 e. The van der Waals surface area contributed by atoms with Gasteiger partial charge in [-0.1, -0.05) is 32.0 Å². The third-order valence-electron chi connectivity index (χ3n) is 2.46. The van der Waals surface area contributed by atoms with Gasteiger partial charge in [0, 0.05) is 0 Å². The molecule has 104 valence electrons. The number of para-hydroxylation sites is 1. The molecule has 2 amide bonds. The highest BCUT2D eigenvalue weighted by Gasteiger charge is 2.17. The number of ether oxygens (including phenoxy) is 1. The van der Waals surface area contributed by atoms with E-state index in [4.69, 9.17) is 10.5 Å². The van der Waals surface area contributed by atoms with E-state index in [1.54, 1.807) is 24.3 Å². The summed E-state index contributed by atoms with van der Waals surface area (Å²) in [4.78, 5) is 22.9. The second-order valence-corrected chi connectivity index (χ2v) is 4.41. The molecule has 0 radical (unpaired) electrons. The van der Waals surface area contributed by atoms with Crippen LogP contribution in [0.2, 0.25) is 0 Å². The quantitative estimate of drug-likeness (QED) is 0.663. The highest BCUT2D eigenvalue weighted by molar-refractivity contribution is 5.85. The summed E-state index contributed by atoms with van der Waals surface area (Å²) in [6, 6.07) is 8.27. The number of nitrogens with one attached hydrogen (secondary N) is 2. The number of rotatable bonds is 5. The predicted molar refractivity (Wildman–Crippen MR) is 71.0 cm³/mol. The van der Waals surface area contributed by atoms with Crippen molar-refractivity contribution < 1.29 is 14.3 Å². The van der Waals surface area contributed by atoms with E-state index in [1.165, 1.54) is 0 Å². The van der Waals surface area contributed by atoms with E-state index in [0.29, 0.717) is 5.75 Å². The van der Waals surface area contributed by atoms with Crippen molar-refractivity contribution >= 4 is 11.8 Å². The smallest absolute Gasteiger partial charge is 0.276 e. The maximum absolute atomic E-state index is 11.5. The SMILES string of the molecule is CC(C)C(N)C(=O)NNC(=O)COc1ccccc1. The molecule has 1 atom stereocenters. The van der Waals surface area contributed by atoms with Gasteiger partial charge in [0.25, 0.3) is 11.8 Å². The van der Waals surface area contributed by atoms with E-state index in [2.05, 4.69) is 10.9 Å². The number of carbonyl (C=O) groups excluding carboxylic acids is 2. The number of amides is 2. The van der Waals surface area contributed by atoms with Gasteiger partial charge in [-0.25, -0.2) is 0 Å². The molecule has 1 aromatic carbocycles. The Bertz CT molecular complexity index is 420. The summed E-state index contributed by atoms with van der Waals surface area (Å²) in [5.41, 5.74) is 10.1. The number of hydrogen-bond donors (Lipinski definition) is 3. The van der Waals surface area contributed by atoms with Crippen LogP contribution in [0.5, 0.6) is 5.75 Å². The predicted octanol–water partition coefficient (Wildman–Crippen LogP) is 0.196. The van der Waals surface area contributed by atoms with Crippen molar-refractivity contribution in [2.45, 2.75) is 19.9 Å². The minimum absolute atomic E-state index is 0.00234. The largest absolute Gasteiger partial charge is 0.484 e. The Labute approximate surface area is 112 Å². The number of benzene rings is 1. The van der Waals surface area contributed by atoms with Gasteiger partial charge in [-0.15, -0.1) is 0 Å². The van der Waals surface area contributed by atoms with Gasteiger partial charge in [0.1, 0.15) is 5.75 Å². The first-order valence-electron chi connectivity index (χ1n) is 6.03. The molecule has 0 saturated carbocycles. The molecule has 0 aliphatic heterocycles. The fourth-order valence-corrected chi connectivity index (χ4v) is 1.22. The zero-order chi connectivity index (χ0) is 14.3. The maximum atomic E-state index is 11.5. The second kappa shape index (κ2) is 7.38. The van der Waals surface area contributed by atoms with Crippen LogP contribution >= 0.6 is 0 Å². The summed E-state index contributed by atoms with van der Waals surface area (Å²) in [7, 11) is 0. The van der Waals surface area contributed by atoms with E-state index in [0.717, 1.165) is 0 Å². The Morgan fingerprint density at radius 2 is 1.84 bits per heavy atom. The van der Waals surface area contributed by atoms with Crippen LogP contribution < -0.4 is 21.3 Å². The Kier molecular flexibility index (Phi) is 5.81. The van der Waals surface area contributed by atoms with Gasteiger partial charge in [-0.05, 0) is 18.1 Å². The van der Waals surface area contributed by atoms with Gasteiger partial charge in [-0.2, -0.15) is 0 Å². The van der Waals surface area contributed by atoms with Gasteiger partial charge in [0.05, 0.1) is 6.04 Å². The lowest BCUT2D eigenvalue weighted by Gasteiger charge is -2.15. The van der Waals surface area contributed by atoms with Crippen LogP contribution in [0, 0.1) is 5.92 Å². The molecular formula is C13H19N3O3. The van der Waals surface area contributed by atoms with Crippen molar-refractivity contribution in [2.24, 2.45) is 11.7 Å². The van der Waals surface area contributed by atoms with Crippen LogP contribution in [0.4, 0.5) is 0 Å². The fraction of sp³-hybridized carbons (Fsp3) is 0.385. The number of hydrogen-bond acceptors (Lipinski definition) is 4. The first kappa shape index (κ1) is 15.0. The molecule has 19 heavy (non-hydrogen) atoms. The summed E-state index contributed by atoms with van der Waals surface area (Å²) in [6.07, 6.45) is 0. The zero-order valence-corrected chi connectivity index (χ0v) is 11.1. The second-order valence-electron chi connectivity index (χ2n) is 4.41. The maximum Gasteiger partial charge on any atom is 0.276 e. The summed E-state index contributed by atoms with van der Waals surface area (Å²) < 4.78 is 5.21. The summed E-state index contributed by atoms with van der Waals surface area (Å²) in [5.74, 6) is -0.295. The molecule has 6 nitrogen and oxygen atoms in total. The van der Waals surface area contributed by atoms with Crippen LogP contribution in [0.25, 0.3) is 0 Å². The van der Waals surface area contributed by atoms with Crippen molar-refractivity contribution in [3.63, 3.8) is 0 Å². The lowest BCUT2D eigenvalue weighted by atomic mass is 10.1. The Morgan fingerprint density at radius 3 is 2.42 bits per heavy atom. The van der Waals surface area contributed by atoms with E-state index in [1.807, 2.05) is 19.9 Å². The van der Waals surface area contributed by atoms with Crippen LogP contribution in [0.1, 0.15) is 13.8 Å². The van der Waals surface area contributed by atoms with Crippen molar-refractivity contribution in [1.82, 2.24) is 10.9 Å². The summed E-state index contributed by atoms with van der Waals surface area (Å²) >= 11 is 0. The number of carbonyl (C=O) groups is 2. The van der Waals surface area contributed by atoms with Gasteiger partial charge in [0.15, 0.2) is 6.61 Å². The van der Waals surface area contributed by atoms with Crippen molar-refractivity contribution in [3.8, 4) is 5.75 Å². The van der Waals surface area contributed by atoms with Crippen LogP contribution in [0.15, 0.2) is 30.3 Å². The van der Waals surface area contributed by atoms with E-state index in [-0.39, 0.29) is 12.5 Å². The lowest BCUT2D eigenvalue weighted by molar-refractivity contribution is -0.131. The normalized spacial score (nSPS) is 11.8. The first-order valence-corrected chi connectivity index (χ1v) is 6.03. The molecule has 0 heterocycles. The molecular weight excluding hydrogens is 246 g/mol. The standard InChI is InChI=1S/C13H19N3O3/c1-9(2)12(14)13(18)16-15-11(17)8-19-10-6-4-3-5-7-10/h3-7,9,12H,8,14H2,1-2H3,(H,15,17)(H,16,18). The van der Waals surface area contributed by atoms with Crippen molar-refractivity contribution in [3.05, 3.63) is 30.3 Å². The molecule has 1 aromatic rings. The Morgan fingerprint density at radius 1 is 1.21 bits per heavy atom. The van der Waals surface area contributed by atoms with Gasteiger partial charge in [0.2, 0.25) is 0 Å². The zero-order valence-electron chi connectivity index (χ0n) is 11.1. The average molecular weight is 265 g/mol. The number of hydrazine groups is 1. The molecule has 0 aliphatic carbocycles. The number of nitrogens with two attached hydrogens (primary N) is 1. The van der Waals surface area contributed by atoms with Crippen LogP contribution in [-0.2, 0) is 9.59 Å². The van der Waals surface area contributed by atoms with Crippen LogP contribution in [-0.4, -0.2) is 24.5 Å². The molecule has 1 unspecified atom stereocenters. The first-order chi connectivity index (χ1) is 9.00. The Balaban J connectivity index is 2.27. The van der Waals surface area contributed by atoms with E-state index >= 15 is 0 Å². The lowest BCUT2D eigenvalue weighted by Crippen LogP contribution is -2.52. The van der Waals surface area contributed by atoms with E-state index in [9.17, 15) is 9.59 Å². The molecule has 6 heteroatoms. The molecule has 0 saturated heterocycles. The van der Waals surface area contributed by atoms with Gasteiger partial charge < -0.3 is 10.5 Å². The molecule has 4 N–H and O–H groups in total. The Hall–Kier alpha value is -2.08. The van der Waals surface area contributed by atoms with Crippen molar-refractivity contribution in [1.29, 1.82) is 0 Å². The minimum atomic E-state index is -0.657. The van der Waals surface area contributed by atoms with Gasteiger partial charge >= 0.3 is 0 Å². The average Bonchev–Trinajstić information content (AvgIpc) is 2.42. The molecule has 0 spiro atoms. The van der Waals surface area contributed by atoms with Crippen LogP contribution in [0.3, 0.4) is 0 Å². The molecule has 1 rings (SSSR count). The van der Waals surface area contributed by atoms with Crippen molar-refractivity contribution in [2.75, 3.05) is 6.61 Å². The third kappa shape index (κ3) is 5.39. The summed E-state index contributed by atoms with van der Waals surface area (Å²) in [6.45, 7) is 3.47. The third-order valence-corrected chi connectivity index (χ3v) is 2.46. The van der Waals surface area contributed by atoms with E-state index < -0.39 is 17.9 Å². The highest BCUT2D eigenvalue weighted by Crippen LogP contribution is 2.07. The van der Waals surface area contributed by atoms with Gasteiger partial charge in [-0.3, -0.25) is 20.4 Å². The highest BCUT2D eigenvalue weighted by atomic mass is 16.5. The monoisotopic (exact) mass is 265 g/mol. The fourth-order valence-electron chi connectivity index (χ4n) is 1.22. The molecule has 0 aromatic heterocycles. The molecule has 0 aliphatic rings. The molecule has 0 fully saturated rings. The summed E-state index contributed by atoms with van der Waals surface area (Å²) in [5, 5.41) is 0. The topological polar surface area (TPSA) is 93.5 Å². The molecule has 0 bridgehead atoms.